The molecule has 3 heterocycles. The van der Waals surface area contributed by atoms with E-state index in [-0.39, 0.29) is 23.5 Å². The number of aromatic amines is 1. The highest BCUT2D eigenvalue weighted by Gasteiger charge is 2.43. The number of aryl methyl sites for hydroxylation is 1. The van der Waals surface area contributed by atoms with Crippen LogP contribution < -0.4 is 20.3 Å². The number of rotatable bonds is 4. The van der Waals surface area contributed by atoms with Gasteiger partial charge in [-0.2, -0.15) is 0 Å². The summed E-state index contributed by atoms with van der Waals surface area (Å²) < 4.78 is 25.5. The van der Waals surface area contributed by atoms with Crippen LogP contribution in [0.5, 0.6) is 11.5 Å². The van der Waals surface area contributed by atoms with Gasteiger partial charge in [0.1, 0.15) is 28.5 Å². The molecule has 2 aromatic heterocycles. The fourth-order valence-corrected chi connectivity index (χ4v) is 3.55. The van der Waals surface area contributed by atoms with E-state index in [1.165, 1.54) is 37.7 Å². The van der Waals surface area contributed by atoms with Gasteiger partial charge in [0.25, 0.3) is 5.91 Å². The third kappa shape index (κ3) is 3.41. The second-order valence-corrected chi connectivity index (χ2v) is 7.09. The Labute approximate surface area is 171 Å². The molecule has 7 nitrogen and oxygen atoms in total. The minimum absolute atomic E-state index is 0.267. The Morgan fingerprint density at radius 1 is 1.30 bits per heavy atom. The van der Waals surface area contributed by atoms with Gasteiger partial charge < -0.3 is 19.8 Å². The first kappa shape index (κ1) is 19.6. The number of ether oxygens (including phenoxy) is 2. The van der Waals surface area contributed by atoms with E-state index >= 15 is 0 Å². The predicted molar refractivity (Wildman–Crippen MR) is 107 cm³/mol. The normalized spacial score (nSPS) is 17.6. The summed E-state index contributed by atoms with van der Waals surface area (Å²) in [5.74, 6) is 0.138. The second kappa shape index (κ2) is 7.62. The van der Waals surface area contributed by atoms with E-state index in [0.29, 0.717) is 34.7 Å². The van der Waals surface area contributed by atoms with E-state index in [1.807, 2.05) is 0 Å². The van der Waals surface area contributed by atoms with Crippen LogP contribution in [0.1, 0.15) is 33.6 Å². The van der Waals surface area contributed by atoms with E-state index in [2.05, 4.69) is 15.3 Å². The lowest BCUT2D eigenvalue weighted by atomic mass is 9.80. The molecule has 1 aliphatic heterocycles. The third-order valence-electron chi connectivity index (χ3n) is 5.24. The zero-order chi connectivity index (χ0) is 21.3. The molecule has 1 aliphatic rings. The Kier molecular flexibility index (Phi) is 4.99. The lowest BCUT2D eigenvalue weighted by molar-refractivity contribution is 0.0883. The van der Waals surface area contributed by atoms with Gasteiger partial charge in [0.05, 0.1) is 25.5 Å². The number of hydrogen-bond acceptors (Lipinski definition) is 5. The molecule has 0 saturated carbocycles. The molecule has 1 atom stereocenters. The molecule has 30 heavy (non-hydrogen) atoms. The fraction of sp³-hybridized carbons (Fsp3) is 0.227. The topological polar surface area (TPSA) is 93.3 Å². The average Bonchev–Trinajstić information content (AvgIpc) is 2.75. The number of carbonyl (C=O) groups is 1. The average molecular weight is 409 g/mol. The Morgan fingerprint density at radius 3 is 2.83 bits per heavy atom. The first-order chi connectivity index (χ1) is 14.4. The fourth-order valence-electron chi connectivity index (χ4n) is 3.55. The highest BCUT2D eigenvalue weighted by Crippen LogP contribution is 2.42. The SMILES string of the molecule is COc1cnc2c(c1)OCC[C@]2(NC(=O)c1ccc(=O)[nH]c1)c1ccc(C)c(F)c1. The number of aromatic nitrogens is 2. The minimum atomic E-state index is -1.12. The van der Waals surface area contributed by atoms with Crippen molar-refractivity contribution in [2.45, 2.75) is 18.9 Å². The van der Waals surface area contributed by atoms with Gasteiger partial charge in [-0.15, -0.1) is 0 Å². The molecular weight excluding hydrogens is 389 g/mol. The molecule has 0 spiro atoms. The van der Waals surface area contributed by atoms with Crippen molar-refractivity contribution in [2.75, 3.05) is 13.7 Å². The van der Waals surface area contributed by atoms with Crippen molar-refractivity contribution in [3.05, 3.63) is 87.3 Å². The van der Waals surface area contributed by atoms with Gasteiger partial charge in [-0.3, -0.25) is 14.6 Å². The number of fused-ring (bicyclic) bond motifs is 1. The first-order valence-electron chi connectivity index (χ1n) is 9.38. The summed E-state index contributed by atoms with van der Waals surface area (Å²) in [6.45, 7) is 1.95. The number of hydrogen-bond donors (Lipinski definition) is 2. The van der Waals surface area contributed by atoms with E-state index in [0.717, 1.165) is 0 Å². The zero-order valence-corrected chi connectivity index (χ0v) is 16.5. The quantitative estimate of drug-likeness (QED) is 0.691. The van der Waals surface area contributed by atoms with Gasteiger partial charge in [0.15, 0.2) is 0 Å². The van der Waals surface area contributed by atoms with Crippen molar-refractivity contribution in [1.82, 2.24) is 15.3 Å². The maximum Gasteiger partial charge on any atom is 0.253 e. The van der Waals surface area contributed by atoms with Gasteiger partial charge in [-0.05, 0) is 30.2 Å². The molecule has 4 rings (SSSR count). The number of methoxy groups -OCH3 is 1. The Hall–Kier alpha value is -3.68. The number of pyridine rings is 2. The van der Waals surface area contributed by atoms with E-state index in [9.17, 15) is 14.0 Å². The standard InChI is InChI=1S/C22H20FN3O4/c1-13-3-5-15(9-17(13)23)22(26-21(28)14-4-6-19(27)24-11-14)7-8-30-18-10-16(29-2)12-25-20(18)22/h3-6,9-12H,7-8H2,1-2H3,(H,24,27)(H,26,28)/t22-/m0/s1. The summed E-state index contributed by atoms with van der Waals surface area (Å²) >= 11 is 0. The largest absolute Gasteiger partial charge is 0.495 e. The number of halogens is 1. The smallest absolute Gasteiger partial charge is 0.253 e. The number of carbonyl (C=O) groups excluding carboxylic acids is 1. The first-order valence-corrected chi connectivity index (χ1v) is 9.38. The number of nitrogens with one attached hydrogen (secondary N) is 2. The molecular formula is C22H20FN3O4. The van der Waals surface area contributed by atoms with E-state index in [4.69, 9.17) is 9.47 Å². The van der Waals surface area contributed by atoms with Gasteiger partial charge >= 0.3 is 0 Å². The van der Waals surface area contributed by atoms with Gasteiger partial charge in [-0.1, -0.05) is 12.1 Å². The van der Waals surface area contributed by atoms with Crippen molar-refractivity contribution in [3.8, 4) is 11.5 Å². The van der Waals surface area contributed by atoms with Crippen molar-refractivity contribution < 1.29 is 18.7 Å². The highest BCUT2D eigenvalue weighted by molar-refractivity contribution is 5.94. The van der Waals surface area contributed by atoms with Crippen LogP contribution in [-0.4, -0.2) is 29.6 Å². The van der Waals surface area contributed by atoms with Crippen molar-refractivity contribution in [3.63, 3.8) is 0 Å². The molecule has 3 aromatic rings. The van der Waals surface area contributed by atoms with Crippen LogP contribution in [0.4, 0.5) is 4.39 Å². The number of H-pyrrole nitrogens is 1. The lowest BCUT2D eigenvalue weighted by Crippen LogP contribution is -2.50. The number of nitrogens with zero attached hydrogens (tertiary/aromatic N) is 1. The molecule has 1 amide bonds. The highest BCUT2D eigenvalue weighted by atomic mass is 19.1. The molecule has 8 heteroatoms. The van der Waals surface area contributed by atoms with Crippen LogP contribution in [0.2, 0.25) is 0 Å². The van der Waals surface area contributed by atoms with Crippen LogP contribution in [0.25, 0.3) is 0 Å². The zero-order valence-electron chi connectivity index (χ0n) is 16.5. The minimum Gasteiger partial charge on any atom is -0.495 e. The summed E-state index contributed by atoms with van der Waals surface area (Å²) in [5.41, 5.74) is 0.328. The Balaban J connectivity index is 1.86. The molecule has 1 aromatic carbocycles. The van der Waals surface area contributed by atoms with Crippen LogP contribution in [0, 0.1) is 12.7 Å². The Bertz CT molecular complexity index is 1160. The molecule has 0 saturated heterocycles. The number of amides is 1. The maximum absolute atomic E-state index is 14.5. The van der Waals surface area contributed by atoms with Crippen LogP contribution in [0.15, 0.2) is 53.6 Å². The predicted octanol–water partition coefficient (Wildman–Crippen LogP) is 2.68. The summed E-state index contributed by atoms with van der Waals surface area (Å²) in [5, 5.41) is 3.01. The molecule has 154 valence electrons. The monoisotopic (exact) mass is 409 g/mol. The molecule has 2 N–H and O–H groups in total. The van der Waals surface area contributed by atoms with Gasteiger partial charge in [0.2, 0.25) is 5.56 Å². The molecule has 0 fully saturated rings. The van der Waals surface area contributed by atoms with E-state index in [1.54, 1.807) is 25.1 Å². The van der Waals surface area contributed by atoms with Crippen molar-refractivity contribution in [1.29, 1.82) is 0 Å². The third-order valence-corrected chi connectivity index (χ3v) is 5.24. The lowest BCUT2D eigenvalue weighted by Gasteiger charge is -2.39. The van der Waals surface area contributed by atoms with Crippen molar-refractivity contribution >= 4 is 5.91 Å². The molecule has 0 aliphatic carbocycles. The number of benzene rings is 1. The van der Waals surface area contributed by atoms with Gasteiger partial charge in [-0.25, -0.2) is 4.39 Å². The summed E-state index contributed by atoms with van der Waals surface area (Å²) in [6.07, 6.45) is 3.21. The van der Waals surface area contributed by atoms with Crippen LogP contribution in [-0.2, 0) is 5.54 Å². The maximum atomic E-state index is 14.5. The molecule has 0 radical (unpaired) electrons. The summed E-state index contributed by atoms with van der Waals surface area (Å²) in [6, 6.07) is 9.23. The molecule has 0 unspecified atom stereocenters. The van der Waals surface area contributed by atoms with Crippen LogP contribution in [0.3, 0.4) is 0 Å². The summed E-state index contributed by atoms with van der Waals surface area (Å²) in [7, 11) is 1.52. The summed E-state index contributed by atoms with van der Waals surface area (Å²) in [4.78, 5) is 31.4. The van der Waals surface area contributed by atoms with E-state index < -0.39 is 11.4 Å². The van der Waals surface area contributed by atoms with Crippen molar-refractivity contribution in [2.24, 2.45) is 0 Å². The van der Waals surface area contributed by atoms with Gasteiger partial charge in [0, 0.05) is 24.8 Å². The second-order valence-electron chi connectivity index (χ2n) is 7.09. The molecule has 0 bridgehead atoms. The Morgan fingerprint density at radius 2 is 2.13 bits per heavy atom. The van der Waals surface area contributed by atoms with Crippen LogP contribution >= 0.6 is 0 Å².